The van der Waals surface area contributed by atoms with Crippen molar-refractivity contribution in [2.75, 3.05) is 5.43 Å². The number of H-pyrrole nitrogens is 1. The van der Waals surface area contributed by atoms with Gasteiger partial charge < -0.3 is 5.11 Å². The maximum absolute atomic E-state index is 11.1. The van der Waals surface area contributed by atoms with Gasteiger partial charge in [-0.25, -0.2) is 5.10 Å². The smallest absolute Gasteiger partial charge is 0.285 e. The van der Waals surface area contributed by atoms with Crippen molar-refractivity contribution in [3.05, 3.63) is 51.4 Å². The lowest BCUT2D eigenvalue weighted by Gasteiger charge is -2.00. The summed E-state index contributed by atoms with van der Waals surface area (Å²) in [5, 5.41) is 18.8. The number of aromatic nitrogens is 2. The molecule has 0 aliphatic rings. The molecule has 0 radical (unpaired) electrons. The van der Waals surface area contributed by atoms with Crippen molar-refractivity contribution in [3.8, 4) is 5.75 Å². The van der Waals surface area contributed by atoms with Crippen LogP contribution in [0.2, 0.25) is 5.02 Å². The minimum atomic E-state index is -0.485. The van der Waals surface area contributed by atoms with Crippen molar-refractivity contribution in [1.82, 2.24) is 10.2 Å². The monoisotopic (exact) mass is 264 g/mol. The van der Waals surface area contributed by atoms with E-state index in [-0.39, 0.29) is 10.8 Å². The highest BCUT2D eigenvalue weighted by atomic mass is 35.5. The van der Waals surface area contributed by atoms with E-state index in [4.69, 9.17) is 16.7 Å². The maximum atomic E-state index is 11.1. The van der Waals surface area contributed by atoms with E-state index < -0.39 is 5.56 Å². The fourth-order valence-corrected chi connectivity index (χ4v) is 1.33. The number of benzene rings is 1. The first-order chi connectivity index (χ1) is 8.66. The Morgan fingerprint density at radius 1 is 1.39 bits per heavy atom. The number of phenols is 1. The van der Waals surface area contributed by atoms with E-state index in [0.29, 0.717) is 5.69 Å². The Morgan fingerprint density at radius 3 is 2.83 bits per heavy atom. The molecule has 2 rings (SSSR count). The molecule has 0 aliphatic heterocycles. The highest BCUT2D eigenvalue weighted by Crippen LogP contribution is 2.14. The lowest BCUT2D eigenvalue weighted by atomic mass is 10.2. The van der Waals surface area contributed by atoms with E-state index in [0.717, 1.165) is 5.56 Å². The molecule has 0 saturated heterocycles. The van der Waals surface area contributed by atoms with Crippen LogP contribution in [-0.2, 0) is 0 Å². The first-order valence-electron chi connectivity index (χ1n) is 4.98. The summed E-state index contributed by atoms with van der Waals surface area (Å²) in [5.41, 5.74) is 3.23. The van der Waals surface area contributed by atoms with Gasteiger partial charge in [0, 0.05) is 0 Å². The quantitative estimate of drug-likeness (QED) is 0.580. The summed E-state index contributed by atoms with van der Waals surface area (Å²) >= 11 is 5.74. The molecule has 3 N–H and O–H groups in total. The van der Waals surface area contributed by atoms with E-state index in [1.165, 1.54) is 12.4 Å². The molecule has 1 aromatic heterocycles. The number of aromatic amines is 1. The van der Waals surface area contributed by atoms with Crippen molar-refractivity contribution in [3.63, 3.8) is 0 Å². The topological polar surface area (TPSA) is 90.4 Å². The summed E-state index contributed by atoms with van der Waals surface area (Å²) in [5.74, 6) is 0.182. The fourth-order valence-electron chi connectivity index (χ4n) is 1.20. The van der Waals surface area contributed by atoms with E-state index >= 15 is 0 Å². The molecule has 0 aliphatic carbocycles. The van der Waals surface area contributed by atoms with Crippen molar-refractivity contribution >= 4 is 23.5 Å². The molecule has 18 heavy (non-hydrogen) atoms. The average Bonchev–Trinajstić information content (AvgIpc) is 2.37. The third-order valence-corrected chi connectivity index (χ3v) is 2.46. The highest BCUT2D eigenvalue weighted by molar-refractivity contribution is 6.32. The zero-order valence-electron chi connectivity index (χ0n) is 9.09. The molecule has 0 fully saturated rings. The zero-order chi connectivity index (χ0) is 13.0. The van der Waals surface area contributed by atoms with E-state index in [2.05, 4.69) is 20.7 Å². The second-order valence-corrected chi connectivity index (χ2v) is 3.77. The van der Waals surface area contributed by atoms with Crippen LogP contribution >= 0.6 is 11.6 Å². The SMILES string of the molecule is O=c1[nH]ncc(N/N=C/c2ccc(O)cc2)c1Cl. The third kappa shape index (κ3) is 2.86. The van der Waals surface area contributed by atoms with Gasteiger partial charge in [0.2, 0.25) is 0 Å². The zero-order valence-corrected chi connectivity index (χ0v) is 9.85. The molecule has 2 aromatic rings. The van der Waals surface area contributed by atoms with E-state index in [1.54, 1.807) is 24.3 Å². The number of aromatic hydroxyl groups is 1. The van der Waals surface area contributed by atoms with Crippen LogP contribution in [0.5, 0.6) is 5.75 Å². The Morgan fingerprint density at radius 2 is 2.11 bits per heavy atom. The number of hydrogen-bond acceptors (Lipinski definition) is 5. The van der Waals surface area contributed by atoms with Gasteiger partial charge in [-0.3, -0.25) is 10.2 Å². The van der Waals surface area contributed by atoms with Crippen molar-refractivity contribution in [2.45, 2.75) is 0 Å². The summed E-state index contributed by atoms with van der Waals surface area (Å²) in [7, 11) is 0. The summed E-state index contributed by atoms with van der Waals surface area (Å²) in [6.45, 7) is 0. The van der Waals surface area contributed by atoms with Gasteiger partial charge in [0.05, 0.1) is 12.4 Å². The van der Waals surface area contributed by atoms with E-state index in [9.17, 15) is 4.79 Å². The molecule has 0 amide bonds. The van der Waals surface area contributed by atoms with Crippen LogP contribution in [-0.4, -0.2) is 21.5 Å². The number of hydrazone groups is 1. The Hall–Kier alpha value is -2.34. The predicted octanol–water partition coefficient (Wildman–Crippen LogP) is 1.57. The second kappa shape index (κ2) is 5.33. The van der Waals surface area contributed by atoms with Gasteiger partial charge in [0.1, 0.15) is 16.5 Å². The average molecular weight is 265 g/mol. The molecule has 7 heteroatoms. The fraction of sp³-hybridized carbons (Fsp3) is 0. The third-order valence-electron chi connectivity index (χ3n) is 2.09. The van der Waals surface area contributed by atoms with Crippen LogP contribution in [0.25, 0.3) is 0 Å². The minimum Gasteiger partial charge on any atom is -0.508 e. The Balaban J connectivity index is 2.09. The standard InChI is InChI=1S/C11H9ClN4O2/c12-10-9(6-14-16-11(10)18)15-13-5-7-1-3-8(17)4-2-7/h1-6,17H,(H2,15,16,18)/b13-5+. The summed E-state index contributed by atoms with van der Waals surface area (Å²) in [4.78, 5) is 11.1. The first kappa shape index (κ1) is 12.1. The van der Waals surface area contributed by atoms with Crippen LogP contribution < -0.4 is 11.0 Å². The molecule has 0 atom stereocenters. The Bertz CT molecular complexity index is 622. The molecule has 92 valence electrons. The molecular weight excluding hydrogens is 256 g/mol. The second-order valence-electron chi connectivity index (χ2n) is 3.39. The predicted molar refractivity (Wildman–Crippen MR) is 69.2 cm³/mol. The Kier molecular flexibility index (Phi) is 3.59. The number of anilines is 1. The number of rotatable bonds is 3. The van der Waals surface area contributed by atoms with Gasteiger partial charge >= 0.3 is 0 Å². The maximum Gasteiger partial charge on any atom is 0.285 e. The number of phenolic OH excluding ortho intramolecular Hbond substituents is 1. The summed E-state index contributed by atoms with van der Waals surface area (Å²) < 4.78 is 0. The number of nitrogens with zero attached hydrogens (tertiary/aromatic N) is 2. The van der Waals surface area contributed by atoms with Crippen molar-refractivity contribution in [1.29, 1.82) is 0 Å². The lowest BCUT2D eigenvalue weighted by Crippen LogP contribution is -2.10. The number of hydrogen-bond donors (Lipinski definition) is 3. The molecule has 0 spiro atoms. The molecule has 1 heterocycles. The van der Waals surface area contributed by atoms with Gasteiger partial charge in [-0.2, -0.15) is 10.2 Å². The normalized spacial score (nSPS) is 10.7. The molecule has 0 unspecified atom stereocenters. The highest BCUT2D eigenvalue weighted by Gasteiger charge is 2.02. The van der Waals surface area contributed by atoms with Gasteiger partial charge in [0.15, 0.2) is 0 Å². The van der Waals surface area contributed by atoms with Crippen molar-refractivity contribution in [2.24, 2.45) is 5.10 Å². The largest absolute Gasteiger partial charge is 0.508 e. The van der Waals surface area contributed by atoms with E-state index in [1.807, 2.05) is 0 Å². The van der Waals surface area contributed by atoms with Crippen LogP contribution in [0.4, 0.5) is 5.69 Å². The van der Waals surface area contributed by atoms with Crippen LogP contribution in [0, 0.1) is 0 Å². The Labute approximate surface area is 107 Å². The number of halogens is 1. The molecule has 0 bridgehead atoms. The first-order valence-corrected chi connectivity index (χ1v) is 5.36. The van der Waals surface area contributed by atoms with Gasteiger partial charge in [0.25, 0.3) is 5.56 Å². The molecule has 0 saturated carbocycles. The molecule has 1 aromatic carbocycles. The van der Waals surface area contributed by atoms with Crippen molar-refractivity contribution < 1.29 is 5.11 Å². The summed E-state index contributed by atoms with van der Waals surface area (Å²) in [6.07, 6.45) is 2.88. The van der Waals surface area contributed by atoms with Crippen LogP contribution in [0.1, 0.15) is 5.56 Å². The van der Waals surface area contributed by atoms with Gasteiger partial charge in [-0.05, 0) is 29.8 Å². The summed E-state index contributed by atoms with van der Waals surface area (Å²) in [6, 6.07) is 6.47. The number of nitrogens with one attached hydrogen (secondary N) is 2. The lowest BCUT2D eigenvalue weighted by molar-refractivity contribution is 0.475. The van der Waals surface area contributed by atoms with Crippen LogP contribution in [0.15, 0.2) is 40.4 Å². The minimum absolute atomic E-state index is 0.00661. The molecule has 6 nitrogen and oxygen atoms in total. The van der Waals surface area contributed by atoms with Gasteiger partial charge in [-0.15, -0.1) is 0 Å². The molecular formula is C11H9ClN4O2. The van der Waals surface area contributed by atoms with Crippen LogP contribution in [0.3, 0.4) is 0 Å². The van der Waals surface area contributed by atoms with Gasteiger partial charge in [-0.1, -0.05) is 11.6 Å².